The Morgan fingerprint density at radius 2 is 2.35 bits per heavy atom. The van der Waals surface area contributed by atoms with Crippen LogP contribution in [0, 0.1) is 5.82 Å². The third-order valence-electron chi connectivity index (χ3n) is 3.59. The fraction of sp³-hybridized carbons (Fsp3) is 0.417. The average Bonchev–Trinajstić information content (AvgIpc) is 2.28. The van der Waals surface area contributed by atoms with E-state index in [-0.39, 0.29) is 23.6 Å². The maximum atomic E-state index is 13.7. The van der Waals surface area contributed by atoms with E-state index in [1.54, 1.807) is 26.1 Å². The van der Waals surface area contributed by atoms with Crippen LogP contribution in [0.25, 0.3) is 0 Å². The first-order chi connectivity index (χ1) is 8.01. The van der Waals surface area contributed by atoms with Crippen molar-refractivity contribution in [1.29, 1.82) is 0 Å². The topological polar surface area (TPSA) is 41.6 Å². The molecule has 1 fully saturated rings. The van der Waals surface area contributed by atoms with Crippen molar-refractivity contribution in [3.8, 4) is 5.75 Å². The molecule has 5 heteroatoms. The predicted octanol–water partition coefficient (Wildman–Crippen LogP) is 2.02. The van der Waals surface area contributed by atoms with Gasteiger partial charge < -0.3 is 10.1 Å². The Labute approximate surface area is 98.4 Å². The van der Waals surface area contributed by atoms with Crippen molar-refractivity contribution in [2.75, 3.05) is 7.05 Å². The van der Waals surface area contributed by atoms with E-state index in [1.807, 2.05) is 0 Å². The summed E-state index contributed by atoms with van der Waals surface area (Å²) >= 11 is 0. The minimum Gasteiger partial charge on any atom is -0.465 e. The van der Waals surface area contributed by atoms with E-state index in [1.165, 1.54) is 11.0 Å². The smallest absolute Gasteiger partial charge is 0.320 e. The lowest BCUT2D eigenvalue weighted by molar-refractivity contribution is -0.0743. The lowest BCUT2D eigenvalue weighted by Gasteiger charge is -2.49. The lowest BCUT2D eigenvalue weighted by Crippen LogP contribution is -2.63. The van der Waals surface area contributed by atoms with Crippen LogP contribution in [0.5, 0.6) is 5.75 Å². The van der Waals surface area contributed by atoms with Gasteiger partial charge in [-0.05, 0) is 13.0 Å². The Morgan fingerprint density at radius 3 is 3.12 bits per heavy atom. The standard InChI is InChI=1S/C12H13FN2O2/c1-12-6-9(14-11(16)15(12)2)7-4-3-5-8(13)10(7)17-12/h3-5,9H,6H2,1-2H3,(H,14,16). The number of ether oxygens (including phenoxy) is 1. The van der Waals surface area contributed by atoms with Crippen LogP contribution in [0.2, 0.25) is 0 Å². The number of urea groups is 1. The quantitative estimate of drug-likeness (QED) is 0.748. The molecule has 1 N–H and O–H groups in total. The molecule has 0 aromatic heterocycles. The molecule has 3 rings (SSSR count). The fourth-order valence-corrected chi connectivity index (χ4v) is 2.45. The van der Waals surface area contributed by atoms with Crippen molar-refractivity contribution in [2.24, 2.45) is 0 Å². The second-order valence-electron chi connectivity index (χ2n) is 4.70. The van der Waals surface area contributed by atoms with E-state index >= 15 is 0 Å². The Morgan fingerprint density at radius 1 is 1.59 bits per heavy atom. The predicted molar refractivity (Wildman–Crippen MR) is 59.1 cm³/mol. The minimum atomic E-state index is -0.776. The first-order valence-corrected chi connectivity index (χ1v) is 5.53. The van der Waals surface area contributed by atoms with E-state index in [0.717, 1.165) is 0 Å². The Balaban J connectivity index is 2.15. The van der Waals surface area contributed by atoms with Gasteiger partial charge in [0.25, 0.3) is 0 Å². The summed E-state index contributed by atoms with van der Waals surface area (Å²) in [5.74, 6) is -0.138. The molecule has 90 valence electrons. The van der Waals surface area contributed by atoms with Crippen LogP contribution in [0.15, 0.2) is 18.2 Å². The molecule has 2 heterocycles. The van der Waals surface area contributed by atoms with Gasteiger partial charge in [0.15, 0.2) is 17.3 Å². The molecule has 0 saturated carbocycles. The normalized spacial score (nSPS) is 30.4. The second kappa shape index (κ2) is 3.12. The average molecular weight is 236 g/mol. The summed E-state index contributed by atoms with van der Waals surface area (Å²) in [7, 11) is 1.65. The summed E-state index contributed by atoms with van der Waals surface area (Å²) < 4.78 is 19.4. The molecule has 2 amide bonds. The Kier molecular flexibility index (Phi) is 1.91. The molecular formula is C12H13FN2O2. The van der Waals surface area contributed by atoms with E-state index in [9.17, 15) is 9.18 Å². The number of hydrogen-bond donors (Lipinski definition) is 1. The maximum absolute atomic E-state index is 13.7. The fourth-order valence-electron chi connectivity index (χ4n) is 2.45. The SMILES string of the molecule is CN1C(=O)NC2CC1(C)Oc1c(F)cccc12. The number of hydrogen-bond acceptors (Lipinski definition) is 2. The molecule has 2 atom stereocenters. The van der Waals surface area contributed by atoms with Gasteiger partial charge in [0.2, 0.25) is 0 Å². The van der Waals surface area contributed by atoms with E-state index in [2.05, 4.69) is 5.32 Å². The second-order valence-corrected chi connectivity index (χ2v) is 4.70. The zero-order valence-electron chi connectivity index (χ0n) is 9.66. The van der Waals surface area contributed by atoms with Crippen molar-refractivity contribution in [3.05, 3.63) is 29.6 Å². The molecule has 2 aliphatic rings. The Bertz CT molecular complexity index is 505. The zero-order valence-corrected chi connectivity index (χ0v) is 9.66. The highest BCUT2D eigenvalue weighted by atomic mass is 19.1. The van der Waals surface area contributed by atoms with Gasteiger partial charge in [0.1, 0.15) is 0 Å². The number of rotatable bonds is 0. The van der Waals surface area contributed by atoms with Crippen molar-refractivity contribution in [2.45, 2.75) is 25.1 Å². The Hall–Kier alpha value is -1.78. The number of nitrogens with zero attached hydrogens (tertiary/aromatic N) is 1. The number of fused-ring (bicyclic) bond motifs is 4. The molecule has 1 saturated heterocycles. The summed E-state index contributed by atoms with van der Waals surface area (Å²) in [5, 5.41) is 2.85. The van der Waals surface area contributed by atoms with E-state index < -0.39 is 5.72 Å². The highest BCUT2D eigenvalue weighted by Gasteiger charge is 2.48. The number of amides is 2. The van der Waals surface area contributed by atoms with Crippen LogP contribution in [0.3, 0.4) is 0 Å². The molecule has 0 aliphatic carbocycles. The molecule has 2 bridgehead atoms. The molecular weight excluding hydrogens is 223 g/mol. The number of benzene rings is 1. The van der Waals surface area contributed by atoms with E-state index in [4.69, 9.17) is 4.74 Å². The van der Waals surface area contributed by atoms with Gasteiger partial charge in [-0.2, -0.15) is 0 Å². The number of carbonyl (C=O) groups excluding carboxylic acids is 1. The van der Waals surface area contributed by atoms with Crippen molar-refractivity contribution in [3.63, 3.8) is 0 Å². The molecule has 0 radical (unpaired) electrons. The molecule has 4 nitrogen and oxygen atoms in total. The first-order valence-electron chi connectivity index (χ1n) is 5.53. The van der Waals surface area contributed by atoms with Crippen LogP contribution in [0.4, 0.5) is 9.18 Å². The first kappa shape index (κ1) is 10.4. The summed E-state index contributed by atoms with van der Waals surface area (Å²) in [5.41, 5.74) is -0.0636. The monoisotopic (exact) mass is 236 g/mol. The zero-order chi connectivity index (χ0) is 12.2. The molecule has 2 unspecified atom stereocenters. The highest BCUT2D eigenvalue weighted by Crippen LogP contribution is 2.44. The van der Waals surface area contributed by atoms with Gasteiger partial charge in [-0.3, -0.25) is 4.90 Å². The van der Waals surface area contributed by atoms with Crippen LogP contribution < -0.4 is 10.1 Å². The maximum Gasteiger partial charge on any atom is 0.320 e. The lowest BCUT2D eigenvalue weighted by atomic mass is 9.91. The third kappa shape index (κ3) is 1.31. The third-order valence-corrected chi connectivity index (χ3v) is 3.59. The van der Waals surface area contributed by atoms with Crippen LogP contribution in [-0.4, -0.2) is 23.7 Å². The minimum absolute atomic E-state index is 0.178. The van der Waals surface area contributed by atoms with Crippen LogP contribution in [-0.2, 0) is 0 Å². The summed E-state index contributed by atoms with van der Waals surface area (Å²) in [6, 6.07) is 4.41. The van der Waals surface area contributed by atoms with Gasteiger partial charge in [0, 0.05) is 19.0 Å². The summed E-state index contributed by atoms with van der Waals surface area (Å²) in [6.45, 7) is 1.80. The van der Waals surface area contributed by atoms with Crippen molar-refractivity contribution < 1.29 is 13.9 Å². The highest BCUT2D eigenvalue weighted by molar-refractivity contribution is 5.77. The summed E-state index contributed by atoms with van der Waals surface area (Å²) in [6.07, 6.45) is 0.617. The molecule has 17 heavy (non-hydrogen) atoms. The number of para-hydroxylation sites is 1. The molecule has 1 aromatic rings. The molecule has 2 aliphatic heterocycles. The number of halogens is 1. The van der Waals surface area contributed by atoms with Gasteiger partial charge in [0.05, 0.1) is 6.04 Å². The van der Waals surface area contributed by atoms with Gasteiger partial charge >= 0.3 is 6.03 Å². The van der Waals surface area contributed by atoms with Crippen LogP contribution in [0.1, 0.15) is 24.9 Å². The van der Waals surface area contributed by atoms with Gasteiger partial charge in [-0.1, -0.05) is 12.1 Å². The van der Waals surface area contributed by atoms with Gasteiger partial charge in [-0.15, -0.1) is 0 Å². The van der Waals surface area contributed by atoms with Crippen molar-refractivity contribution >= 4 is 6.03 Å². The largest absolute Gasteiger partial charge is 0.465 e. The number of carbonyl (C=O) groups is 1. The van der Waals surface area contributed by atoms with Crippen molar-refractivity contribution in [1.82, 2.24) is 10.2 Å². The van der Waals surface area contributed by atoms with Crippen LogP contribution >= 0.6 is 0 Å². The molecule has 1 aromatic carbocycles. The number of nitrogens with one attached hydrogen (secondary N) is 1. The molecule has 0 spiro atoms. The van der Waals surface area contributed by atoms with E-state index in [0.29, 0.717) is 12.0 Å². The van der Waals surface area contributed by atoms with Gasteiger partial charge in [-0.25, -0.2) is 9.18 Å². The summed E-state index contributed by atoms with van der Waals surface area (Å²) in [4.78, 5) is 13.2.